The summed E-state index contributed by atoms with van der Waals surface area (Å²) in [5.41, 5.74) is 0.331. The van der Waals surface area contributed by atoms with Crippen molar-refractivity contribution in [3.8, 4) is 0 Å². The molecule has 2 heteroatoms. The van der Waals surface area contributed by atoms with Crippen molar-refractivity contribution in [1.82, 2.24) is 0 Å². The quantitative estimate of drug-likeness (QED) is 0.586. The molecule has 0 N–H and O–H groups in total. The molecule has 0 heterocycles. The molecule has 0 spiro atoms. The number of hydrogen-bond acceptors (Lipinski definition) is 2. The summed E-state index contributed by atoms with van der Waals surface area (Å²) >= 11 is 0. The predicted molar refractivity (Wildman–Crippen MR) is 52.4 cm³/mol. The van der Waals surface area contributed by atoms with E-state index in [-0.39, 0.29) is 12.1 Å². The molecule has 1 aliphatic rings. The van der Waals surface area contributed by atoms with E-state index < -0.39 is 0 Å². The first-order valence-corrected chi connectivity index (χ1v) is 5.06. The van der Waals surface area contributed by atoms with Gasteiger partial charge in [0.05, 0.1) is 0 Å². The van der Waals surface area contributed by atoms with Gasteiger partial charge in [0.15, 0.2) is 0 Å². The molecule has 0 bridgehead atoms. The Labute approximate surface area is 80.7 Å². The summed E-state index contributed by atoms with van der Waals surface area (Å²) in [6, 6.07) is 0. The molecule has 1 rings (SSSR count). The van der Waals surface area contributed by atoms with Crippen molar-refractivity contribution in [1.29, 1.82) is 0 Å². The molecule has 0 aliphatic heterocycles. The van der Waals surface area contributed by atoms with Gasteiger partial charge in [-0.25, -0.2) is 0 Å². The van der Waals surface area contributed by atoms with Crippen molar-refractivity contribution >= 4 is 5.97 Å². The molecule has 2 nitrogen and oxygen atoms in total. The van der Waals surface area contributed by atoms with Gasteiger partial charge in [-0.05, 0) is 30.6 Å². The van der Waals surface area contributed by atoms with Crippen LogP contribution in [0.15, 0.2) is 0 Å². The summed E-state index contributed by atoms with van der Waals surface area (Å²) in [4.78, 5) is 10.8. The number of ether oxygens (including phenoxy) is 1. The maximum atomic E-state index is 10.8. The maximum Gasteiger partial charge on any atom is 0.302 e. The number of carbonyl (C=O) groups is 1. The first-order valence-electron chi connectivity index (χ1n) is 5.06. The summed E-state index contributed by atoms with van der Waals surface area (Å²) in [5.74, 6) is 0.531. The smallest absolute Gasteiger partial charge is 0.302 e. The van der Waals surface area contributed by atoms with Crippen molar-refractivity contribution in [2.24, 2.45) is 11.3 Å². The topological polar surface area (TPSA) is 26.3 Å². The van der Waals surface area contributed by atoms with E-state index in [2.05, 4.69) is 20.8 Å². The lowest BCUT2D eigenvalue weighted by Crippen LogP contribution is -2.33. The summed E-state index contributed by atoms with van der Waals surface area (Å²) in [6.45, 7) is 8.22. The van der Waals surface area contributed by atoms with Crippen molar-refractivity contribution in [2.45, 2.75) is 53.1 Å². The normalized spacial score (nSPS) is 32.6. The number of hydrogen-bond donors (Lipinski definition) is 0. The molecule has 76 valence electrons. The van der Waals surface area contributed by atoms with Gasteiger partial charge in [-0.1, -0.05) is 20.8 Å². The first-order chi connectivity index (χ1) is 5.89. The Balaban J connectivity index is 2.52. The Bertz CT molecular complexity index is 196. The third-order valence-corrected chi connectivity index (χ3v) is 2.68. The fourth-order valence-corrected chi connectivity index (χ4v) is 2.58. The molecule has 0 amide bonds. The third kappa shape index (κ3) is 3.37. The minimum atomic E-state index is -0.144. The molecule has 0 radical (unpaired) electrons. The van der Waals surface area contributed by atoms with E-state index in [4.69, 9.17) is 4.74 Å². The fourth-order valence-electron chi connectivity index (χ4n) is 2.58. The molecule has 2 atom stereocenters. The highest BCUT2D eigenvalue weighted by Crippen LogP contribution is 2.39. The summed E-state index contributed by atoms with van der Waals surface area (Å²) in [6.07, 6.45) is 3.43. The van der Waals surface area contributed by atoms with Crippen molar-refractivity contribution in [2.75, 3.05) is 0 Å². The first kappa shape index (κ1) is 10.6. The molecule has 0 aromatic heterocycles. The van der Waals surface area contributed by atoms with Crippen molar-refractivity contribution < 1.29 is 9.53 Å². The molecular formula is C11H20O2. The molecular weight excluding hydrogens is 164 g/mol. The maximum absolute atomic E-state index is 10.8. The van der Waals surface area contributed by atoms with Gasteiger partial charge < -0.3 is 4.74 Å². The molecule has 0 saturated heterocycles. The van der Waals surface area contributed by atoms with Crippen LogP contribution in [0.4, 0.5) is 0 Å². The number of esters is 1. The molecule has 0 unspecified atom stereocenters. The van der Waals surface area contributed by atoms with Crippen LogP contribution in [0.25, 0.3) is 0 Å². The van der Waals surface area contributed by atoms with Gasteiger partial charge >= 0.3 is 5.97 Å². The van der Waals surface area contributed by atoms with E-state index in [1.165, 1.54) is 13.3 Å². The summed E-state index contributed by atoms with van der Waals surface area (Å²) in [7, 11) is 0. The summed E-state index contributed by atoms with van der Waals surface area (Å²) in [5, 5.41) is 0. The number of rotatable bonds is 1. The van der Waals surface area contributed by atoms with E-state index in [1.807, 2.05) is 0 Å². The highest BCUT2D eigenvalue weighted by atomic mass is 16.5. The SMILES string of the molecule is CC(=O)O[C@H]1C[C@H](C)CC(C)(C)C1. The highest BCUT2D eigenvalue weighted by molar-refractivity contribution is 5.66. The number of carbonyl (C=O) groups excluding carboxylic acids is 1. The molecule has 1 aliphatic carbocycles. The minimum absolute atomic E-state index is 0.144. The van der Waals surface area contributed by atoms with Gasteiger partial charge in [0.2, 0.25) is 0 Å². The van der Waals surface area contributed by atoms with Crippen LogP contribution in [0.3, 0.4) is 0 Å². The van der Waals surface area contributed by atoms with Crippen molar-refractivity contribution in [3.05, 3.63) is 0 Å². The van der Waals surface area contributed by atoms with E-state index in [9.17, 15) is 4.79 Å². The molecule has 0 aromatic carbocycles. The zero-order chi connectivity index (χ0) is 10.1. The average Bonchev–Trinajstić information content (AvgIpc) is 1.78. The Morgan fingerprint density at radius 3 is 2.46 bits per heavy atom. The van der Waals surface area contributed by atoms with Gasteiger partial charge in [0, 0.05) is 6.92 Å². The van der Waals surface area contributed by atoms with Crippen LogP contribution in [0, 0.1) is 11.3 Å². The van der Waals surface area contributed by atoms with E-state index in [0.717, 1.165) is 12.8 Å². The highest BCUT2D eigenvalue weighted by Gasteiger charge is 2.33. The van der Waals surface area contributed by atoms with Gasteiger partial charge in [0.25, 0.3) is 0 Å². The van der Waals surface area contributed by atoms with E-state index >= 15 is 0 Å². The van der Waals surface area contributed by atoms with Gasteiger partial charge in [-0.3, -0.25) is 4.79 Å². The summed E-state index contributed by atoms with van der Waals surface area (Å²) < 4.78 is 5.26. The Morgan fingerprint density at radius 2 is 2.00 bits per heavy atom. The monoisotopic (exact) mass is 184 g/mol. The minimum Gasteiger partial charge on any atom is -0.463 e. The zero-order valence-corrected chi connectivity index (χ0v) is 9.09. The van der Waals surface area contributed by atoms with Gasteiger partial charge in [-0.15, -0.1) is 0 Å². The van der Waals surface area contributed by atoms with Crippen LogP contribution >= 0.6 is 0 Å². The predicted octanol–water partition coefficient (Wildman–Crippen LogP) is 2.76. The van der Waals surface area contributed by atoms with Crippen LogP contribution in [0.5, 0.6) is 0 Å². The average molecular weight is 184 g/mol. The van der Waals surface area contributed by atoms with Crippen molar-refractivity contribution in [3.63, 3.8) is 0 Å². The van der Waals surface area contributed by atoms with Crippen LogP contribution in [0.1, 0.15) is 47.0 Å². The Hall–Kier alpha value is -0.530. The molecule has 0 aromatic rings. The molecule has 1 fully saturated rings. The molecule has 13 heavy (non-hydrogen) atoms. The lowest BCUT2D eigenvalue weighted by Gasteiger charge is -2.38. The van der Waals surface area contributed by atoms with Gasteiger partial charge in [-0.2, -0.15) is 0 Å². The van der Waals surface area contributed by atoms with E-state index in [1.54, 1.807) is 0 Å². The van der Waals surface area contributed by atoms with Gasteiger partial charge in [0.1, 0.15) is 6.10 Å². The second-order valence-corrected chi connectivity index (χ2v) is 5.14. The van der Waals surface area contributed by atoms with E-state index in [0.29, 0.717) is 11.3 Å². The second kappa shape index (κ2) is 3.69. The van der Waals surface area contributed by atoms with Crippen LogP contribution in [0.2, 0.25) is 0 Å². The Kier molecular flexibility index (Phi) is 2.99. The van der Waals surface area contributed by atoms with Crippen LogP contribution in [-0.4, -0.2) is 12.1 Å². The standard InChI is InChI=1S/C11H20O2/c1-8-5-10(13-9(2)12)7-11(3,4)6-8/h8,10H,5-7H2,1-4H3/t8-,10-/m0/s1. The van der Waals surface area contributed by atoms with Crippen LogP contribution < -0.4 is 0 Å². The zero-order valence-electron chi connectivity index (χ0n) is 9.09. The lowest BCUT2D eigenvalue weighted by atomic mass is 9.71. The molecule has 1 saturated carbocycles. The largest absolute Gasteiger partial charge is 0.463 e. The Morgan fingerprint density at radius 1 is 1.38 bits per heavy atom. The van der Waals surface area contributed by atoms with Crippen LogP contribution in [-0.2, 0) is 9.53 Å². The second-order valence-electron chi connectivity index (χ2n) is 5.14. The fraction of sp³-hybridized carbons (Fsp3) is 0.909. The lowest BCUT2D eigenvalue weighted by molar-refractivity contribution is -0.150. The third-order valence-electron chi connectivity index (χ3n) is 2.68.